The molecule has 2 aromatic heterocycles. The average Bonchev–Trinajstić information content (AvgIpc) is 3.04. The molecule has 156 valence electrons. The fourth-order valence-electron chi connectivity index (χ4n) is 3.32. The molecule has 9 heteroatoms. The summed E-state index contributed by atoms with van der Waals surface area (Å²) in [5.41, 5.74) is 2.33. The minimum Gasteiger partial charge on any atom is -0.464 e. The zero-order chi connectivity index (χ0) is 20.8. The van der Waals surface area contributed by atoms with Crippen molar-refractivity contribution < 1.29 is 14.3 Å². The van der Waals surface area contributed by atoms with Crippen molar-refractivity contribution in [3.05, 3.63) is 64.4 Å². The number of hydrogen-bond donors (Lipinski definition) is 1. The third kappa shape index (κ3) is 5.33. The standard InChI is InChI=1S/C21H21ClN4O3S/c22-16-7-5-14(6-8-16)13-29-21-26-25-20(30-21)24-19(27)17-4-1-10-23-18(17)15-3-2-11-28-12-9-15/h1,4-8,10,15H,2-3,9,11-13H2,(H,24,25,27). The highest BCUT2D eigenvalue weighted by Crippen LogP contribution is 2.29. The SMILES string of the molecule is O=C(Nc1nnc(OCc2ccc(Cl)cc2)s1)c1cccnc1C1CCCOCC1. The molecule has 0 saturated carbocycles. The molecule has 1 unspecified atom stereocenters. The van der Waals surface area contributed by atoms with Crippen molar-refractivity contribution in [2.45, 2.75) is 31.8 Å². The quantitative estimate of drug-likeness (QED) is 0.593. The number of hydrogen-bond acceptors (Lipinski definition) is 7. The predicted molar refractivity (Wildman–Crippen MR) is 115 cm³/mol. The summed E-state index contributed by atoms with van der Waals surface area (Å²) in [6, 6.07) is 10.9. The molecule has 1 fully saturated rings. The lowest BCUT2D eigenvalue weighted by Crippen LogP contribution is -2.17. The molecule has 1 atom stereocenters. The number of anilines is 1. The van der Waals surface area contributed by atoms with Crippen molar-refractivity contribution in [3.63, 3.8) is 0 Å². The molecule has 1 aromatic carbocycles. The summed E-state index contributed by atoms with van der Waals surface area (Å²) >= 11 is 7.07. The van der Waals surface area contributed by atoms with E-state index in [1.807, 2.05) is 12.1 Å². The number of aromatic nitrogens is 3. The summed E-state index contributed by atoms with van der Waals surface area (Å²) in [5, 5.41) is 12.3. The van der Waals surface area contributed by atoms with E-state index in [2.05, 4.69) is 20.5 Å². The maximum atomic E-state index is 12.9. The molecule has 4 rings (SSSR count). The lowest BCUT2D eigenvalue weighted by Gasteiger charge is -2.16. The summed E-state index contributed by atoms with van der Waals surface area (Å²) in [4.78, 5) is 17.4. The van der Waals surface area contributed by atoms with Crippen LogP contribution in [-0.4, -0.2) is 34.3 Å². The Kier molecular flexibility index (Phi) is 6.88. The highest BCUT2D eigenvalue weighted by atomic mass is 35.5. The van der Waals surface area contributed by atoms with E-state index in [-0.39, 0.29) is 11.8 Å². The van der Waals surface area contributed by atoms with Gasteiger partial charge < -0.3 is 9.47 Å². The van der Waals surface area contributed by atoms with E-state index in [4.69, 9.17) is 21.1 Å². The number of carbonyl (C=O) groups is 1. The van der Waals surface area contributed by atoms with Gasteiger partial charge in [-0.25, -0.2) is 0 Å². The molecule has 1 aliphatic heterocycles. The van der Waals surface area contributed by atoms with Crippen LogP contribution in [0.2, 0.25) is 5.02 Å². The summed E-state index contributed by atoms with van der Waals surface area (Å²) in [7, 11) is 0. The summed E-state index contributed by atoms with van der Waals surface area (Å²) in [6.07, 6.45) is 4.51. The van der Waals surface area contributed by atoms with Crippen molar-refractivity contribution in [2.75, 3.05) is 18.5 Å². The smallest absolute Gasteiger partial charge is 0.296 e. The van der Waals surface area contributed by atoms with Gasteiger partial charge >= 0.3 is 0 Å². The number of benzene rings is 1. The minimum absolute atomic E-state index is 0.210. The molecule has 0 radical (unpaired) electrons. The second-order valence-corrected chi connectivity index (χ2v) is 8.30. The van der Waals surface area contributed by atoms with Crippen LogP contribution in [0.15, 0.2) is 42.6 Å². The van der Waals surface area contributed by atoms with Crippen molar-refractivity contribution in [2.24, 2.45) is 0 Å². The van der Waals surface area contributed by atoms with E-state index >= 15 is 0 Å². The van der Waals surface area contributed by atoms with Crippen LogP contribution in [-0.2, 0) is 11.3 Å². The number of halogens is 1. The number of nitrogens with one attached hydrogen (secondary N) is 1. The average molecular weight is 445 g/mol. The molecular formula is C21H21ClN4O3S. The summed E-state index contributed by atoms with van der Waals surface area (Å²) in [6.45, 7) is 1.79. The number of nitrogens with zero attached hydrogens (tertiary/aromatic N) is 3. The van der Waals surface area contributed by atoms with E-state index in [1.165, 1.54) is 11.3 Å². The van der Waals surface area contributed by atoms with Gasteiger partial charge in [0.2, 0.25) is 5.13 Å². The van der Waals surface area contributed by atoms with Crippen molar-refractivity contribution >= 4 is 34.0 Å². The Hall–Kier alpha value is -2.55. The molecule has 7 nitrogen and oxygen atoms in total. The van der Waals surface area contributed by atoms with Gasteiger partial charge in [-0.05, 0) is 60.4 Å². The van der Waals surface area contributed by atoms with Crippen LogP contribution in [0.1, 0.15) is 46.8 Å². The Morgan fingerprint density at radius 3 is 2.93 bits per heavy atom. The van der Waals surface area contributed by atoms with Gasteiger partial charge in [-0.1, -0.05) is 28.8 Å². The maximum Gasteiger partial charge on any atom is 0.296 e. The monoisotopic (exact) mass is 444 g/mol. The molecule has 1 saturated heterocycles. The van der Waals surface area contributed by atoms with E-state index in [0.29, 0.717) is 34.1 Å². The van der Waals surface area contributed by atoms with Gasteiger partial charge in [-0.2, -0.15) is 0 Å². The lowest BCUT2D eigenvalue weighted by molar-refractivity contribution is 0.102. The third-order valence-corrected chi connectivity index (χ3v) is 5.83. The Balaban J connectivity index is 1.40. The van der Waals surface area contributed by atoms with Crippen LogP contribution in [0.4, 0.5) is 5.13 Å². The highest BCUT2D eigenvalue weighted by Gasteiger charge is 2.23. The minimum atomic E-state index is -0.247. The Bertz CT molecular complexity index is 988. The normalized spacial score (nSPS) is 16.6. The van der Waals surface area contributed by atoms with Gasteiger partial charge in [0.25, 0.3) is 11.1 Å². The number of rotatable bonds is 6. The van der Waals surface area contributed by atoms with E-state index in [9.17, 15) is 4.79 Å². The number of carbonyl (C=O) groups excluding carboxylic acids is 1. The van der Waals surface area contributed by atoms with Gasteiger partial charge in [0.05, 0.1) is 11.3 Å². The first-order valence-electron chi connectivity index (χ1n) is 9.74. The van der Waals surface area contributed by atoms with Gasteiger partial charge in [0.15, 0.2) is 0 Å². The molecular weight excluding hydrogens is 424 g/mol. The zero-order valence-electron chi connectivity index (χ0n) is 16.2. The van der Waals surface area contributed by atoms with Crippen LogP contribution in [0.3, 0.4) is 0 Å². The molecule has 3 heterocycles. The van der Waals surface area contributed by atoms with Crippen LogP contribution < -0.4 is 10.1 Å². The highest BCUT2D eigenvalue weighted by molar-refractivity contribution is 7.17. The Labute approximate surface area is 183 Å². The molecule has 0 bridgehead atoms. The first kappa shape index (κ1) is 20.7. The Morgan fingerprint density at radius 1 is 1.20 bits per heavy atom. The second-order valence-electron chi connectivity index (χ2n) is 6.92. The van der Waals surface area contributed by atoms with Crippen LogP contribution in [0.5, 0.6) is 5.19 Å². The summed E-state index contributed by atoms with van der Waals surface area (Å²) < 4.78 is 11.2. The first-order chi connectivity index (χ1) is 14.7. The number of pyridine rings is 1. The van der Waals surface area contributed by atoms with Gasteiger partial charge in [0.1, 0.15) is 6.61 Å². The van der Waals surface area contributed by atoms with Gasteiger partial charge in [-0.3, -0.25) is 15.1 Å². The van der Waals surface area contributed by atoms with Crippen molar-refractivity contribution in [1.29, 1.82) is 0 Å². The molecule has 0 aliphatic carbocycles. The second kappa shape index (κ2) is 9.97. The zero-order valence-corrected chi connectivity index (χ0v) is 17.8. The third-order valence-electron chi connectivity index (χ3n) is 4.82. The largest absolute Gasteiger partial charge is 0.464 e. The van der Waals surface area contributed by atoms with Gasteiger partial charge in [-0.15, -0.1) is 5.10 Å². The maximum absolute atomic E-state index is 12.9. The molecule has 1 amide bonds. The molecule has 30 heavy (non-hydrogen) atoms. The predicted octanol–water partition coefficient (Wildman–Crippen LogP) is 4.70. The Morgan fingerprint density at radius 2 is 2.07 bits per heavy atom. The van der Waals surface area contributed by atoms with E-state index < -0.39 is 0 Å². The van der Waals surface area contributed by atoms with Crippen LogP contribution in [0, 0.1) is 0 Å². The fraction of sp³-hybridized carbons (Fsp3) is 0.333. The van der Waals surface area contributed by atoms with Crippen LogP contribution in [0.25, 0.3) is 0 Å². The molecule has 1 aliphatic rings. The van der Waals surface area contributed by atoms with Crippen molar-refractivity contribution in [1.82, 2.24) is 15.2 Å². The molecule has 3 aromatic rings. The van der Waals surface area contributed by atoms with E-state index in [1.54, 1.807) is 30.5 Å². The van der Waals surface area contributed by atoms with Crippen LogP contribution >= 0.6 is 22.9 Å². The topological polar surface area (TPSA) is 86.2 Å². The van der Waals surface area contributed by atoms with Crippen molar-refractivity contribution in [3.8, 4) is 5.19 Å². The van der Waals surface area contributed by atoms with E-state index in [0.717, 1.165) is 37.1 Å². The number of ether oxygens (including phenoxy) is 2. The fourth-order valence-corrected chi connectivity index (χ4v) is 4.04. The van der Waals surface area contributed by atoms with Gasteiger partial charge in [0, 0.05) is 30.4 Å². The summed E-state index contributed by atoms with van der Waals surface area (Å²) in [5.74, 6) is -0.0363. The lowest BCUT2D eigenvalue weighted by atomic mass is 9.93. The molecule has 0 spiro atoms. The first-order valence-corrected chi connectivity index (χ1v) is 10.9. The molecule has 1 N–H and O–H groups in total. The number of amides is 1.